The van der Waals surface area contributed by atoms with Crippen LogP contribution in [0, 0.1) is 11.8 Å². The molecule has 1 saturated carbocycles. The van der Waals surface area contributed by atoms with Crippen molar-refractivity contribution in [3.63, 3.8) is 0 Å². The molecule has 2 aliphatic rings. The summed E-state index contributed by atoms with van der Waals surface area (Å²) >= 11 is 0. The molecule has 160 valence electrons. The molecule has 1 aromatic rings. The lowest BCUT2D eigenvalue weighted by Gasteiger charge is -2.26. The lowest BCUT2D eigenvalue weighted by atomic mass is 9.88. The van der Waals surface area contributed by atoms with Crippen LogP contribution in [0.4, 0.5) is 11.4 Å². The van der Waals surface area contributed by atoms with Crippen molar-refractivity contribution in [3.8, 4) is 0 Å². The van der Waals surface area contributed by atoms with Gasteiger partial charge in [0.2, 0.25) is 21.8 Å². The van der Waals surface area contributed by atoms with E-state index in [-0.39, 0.29) is 29.4 Å². The molecular weight excluding hydrogens is 390 g/mol. The van der Waals surface area contributed by atoms with E-state index in [2.05, 4.69) is 10.6 Å². The van der Waals surface area contributed by atoms with Crippen molar-refractivity contribution in [2.24, 2.45) is 11.8 Å². The number of rotatable bonds is 6. The Morgan fingerprint density at radius 1 is 1.03 bits per heavy atom. The highest BCUT2D eigenvalue weighted by molar-refractivity contribution is 7.93. The number of amides is 2. The largest absolute Gasteiger partial charge is 0.344 e. The van der Waals surface area contributed by atoms with Crippen molar-refractivity contribution in [2.75, 3.05) is 21.9 Å². The Hall–Kier alpha value is -2.09. The van der Waals surface area contributed by atoms with Crippen LogP contribution in [0.3, 0.4) is 0 Å². The summed E-state index contributed by atoms with van der Waals surface area (Å²) in [5.74, 6) is -0.169. The highest BCUT2D eigenvalue weighted by Crippen LogP contribution is 2.26. The number of benzene rings is 1. The normalized spacial score (nSPS) is 20.4. The van der Waals surface area contributed by atoms with E-state index in [1.54, 1.807) is 24.3 Å². The third-order valence-electron chi connectivity index (χ3n) is 5.74. The van der Waals surface area contributed by atoms with E-state index >= 15 is 0 Å². The molecule has 1 aliphatic heterocycles. The number of nitrogens with zero attached hydrogens (tertiary/aromatic N) is 1. The zero-order chi connectivity index (χ0) is 21.0. The van der Waals surface area contributed by atoms with Gasteiger partial charge in [0.15, 0.2) is 0 Å². The summed E-state index contributed by atoms with van der Waals surface area (Å²) in [5, 5.41) is 5.78. The van der Waals surface area contributed by atoms with Gasteiger partial charge in [-0.2, -0.15) is 0 Å². The molecule has 1 saturated heterocycles. The third-order valence-corrected chi connectivity index (χ3v) is 7.61. The molecule has 1 aromatic carbocycles. The zero-order valence-corrected chi connectivity index (χ0v) is 18.0. The maximum Gasteiger partial charge on any atom is 0.247 e. The van der Waals surface area contributed by atoms with Gasteiger partial charge in [0, 0.05) is 18.2 Å². The number of carbonyl (C=O) groups is 2. The molecule has 2 amide bonds. The summed E-state index contributed by atoms with van der Waals surface area (Å²) in [6, 6.07) is 6.18. The molecule has 7 nitrogen and oxygen atoms in total. The van der Waals surface area contributed by atoms with Gasteiger partial charge in [-0.25, -0.2) is 8.42 Å². The van der Waals surface area contributed by atoms with E-state index in [4.69, 9.17) is 0 Å². The molecule has 0 radical (unpaired) electrons. The molecule has 0 unspecified atom stereocenters. The van der Waals surface area contributed by atoms with Crippen molar-refractivity contribution in [1.29, 1.82) is 0 Å². The Morgan fingerprint density at radius 2 is 1.69 bits per heavy atom. The first kappa shape index (κ1) is 21.6. The SMILES string of the molecule is CC(C)[C@@H](NC(=O)C1CCCCC1)C(=O)Nc1ccc(N2CCCS2(=O)=O)cc1. The number of carbonyl (C=O) groups excluding carboxylic acids is 2. The van der Waals surface area contributed by atoms with Crippen LogP contribution in [0.25, 0.3) is 0 Å². The molecule has 29 heavy (non-hydrogen) atoms. The second kappa shape index (κ2) is 9.15. The van der Waals surface area contributed by atoms with Crippen LogP contribution in [-0.2, 0) is 19.6 Å². The molecule has 8 heteroatoms. The van der Waals surface area contributed by atoms with E-state index in [0.717, 1.165) is 25.7 Å². The van der Waals surface area contributed by atoms with E-state index in [0.29, 0.717) is 24.3 Å². The molecule has 2 fully saturated rings. The van der Waals surface area contributed by atoms with Crippen LogP contribution in [0.15, 0.2) is 24.3 Å². The fraction of sp³-hybridized carbons (Fsp3) is 0.619. The topological polar surface area (TPSA) is 95.6 Å². The molecule has 1 atom stereocenters. The summed E-state index contributed by atoms with van der Waals surface area (Å²) in [4.78, 5) is 25.4. The van der Waals surface area contributed by atoms with Gasteiger partial charge in [0.1, 0.15) is 6.04 Å². The maximum atomic E-state index is 12.8. The van der Waals surface area contributed by atoms with Crippen LogP contribution in [0.5, 0.6) is 0 Å². The van der Waals surface area contributed by atoms with Gasteiger partial charge >= 0.3 is 0 Å². The van der Waals surface area contributed by atoms with Crippen LogP contribution < -0.4 is 14.9 Å². The minimum atomic E-state index is -3.23. The number of anilines is 2. The minimum absolute atomic E-state index is 0.000469. The number of hydrogen-bond acceptors (Lipinski definition) is 4. The lowest BCUT2D eigenvalue weighted by molar-refractivity contribution is -0.130. The molecular formula is C21H31N3O4S. The first-order valence-electron chi connectivity index (χ1n) is 10.5. The Kier molecular flexibility index (Phi) is 6.82. The second-order valence-electron chi connectivity index (χ2n) is 8.34. The van der Waals surface area contributed by atoms with Gasteiger partial charge in [0.25, 0.3) is 0 Å². The minimum Gasteiger partial charge on any atom is -0.344 e. The summed E-state index contributed by atoms with van der Waals surface area (Å²) in [6.45, 7) is 4.30. The zero-order valence-electron chi connectivity index (χ0n) is 17.2. The number of nitrogens with one attached hydrogen (secondary N) is 2. The van der Waals surface area contributed by atoms with Crippen LogP contribution >= 0.6 is 0 Å². The summed E-state index contributed by atoms with van der Waals surface area (Å²) < 4.78 is 25.5. The highest BCUT2D eigenvalue weighted by Gasteiger charge is 2.30. The Morgan fingerprint density at radius 3 is 2.24 bits per heavy atom. The monoisotopic (exact) mass is 421 g/mol. The quantitative estimate of drug-likeness (QED) is 0.738. The summed E-state index contributed by atoms with van der Waals surface area (Å²) in [6.07, 6.45) is 5.70. The van der Waals surface area contributed by atoms with Crippen LogP contribution in [0.1, 0.15) is 52.4 Å². The second-order valence-corrected chi connectivity index (χ2v) is 10.4. The Balaban J connectivity index is 1.63. The van der Waals surface area contributed by atoms with Gasteiger partial charge in [-0.05, 0) is 49.4 Å². The van der Waals surface area contributed by atoms with Crippen LogP contribution in [0.2, 0.25) is 0 Å². The van der Waals surface area contributed by atoms with Crippen molar-refractivity contribution in [1.82, 2.24) is 5.32 Å². The van der Waals surface area contributed by atoms with Gasteiger partial charge in [-0.3, -0.25) is 13.9 Å². The number of hydrogen-bond donors (Lipinski definition) is 2. The van der Waals surface area contributed by atoms with Crippen molar-refractivity contribution in [3.05, 3.63) is 24.3 Å². The molecule has 1 aliphatic carbocycles. The first-order chi connectivity index (χ1) is 13.8. The molecule has 2 N–H and O–H groups in total. The fourth-order valence-electron chi connectivity index (χ4n) is 4.03. The van der Waals surface area contributed by atoms with Gasteiger partial charge in [-0.15, -0.1) is 0 Å². The standard InChI is InChI=1S/C21H31N3O4S/c1-15(2)19(23-20(25)16-7-4-3-5-8-16)21(26)22-17-9-11-18(12-10-17)24-13-6-14-29(24,27)28/h9-12,15-16,19H,3-8,13-14H2,1-2H3,(H,22,26)(H,23,25)/t19-/m1/s1. The molecule has 0 bridgehead atoms. The molecule has 0 aromatic heterocycles. The average Bonchev–Trinajstić information content (AvgIpc) is 3.06. The lowest BCUT2D eigenvalue weighted by Crippen LogP contribution is -2.49. The van der Waals surface area contributed by atoms with Crippen LogP contribution in [-0.4, -0.2) is 38.6 Å². The fourth-order valence-corrected chi connectivity index (χ4v) is 5.60. The van der Waals surface area contributed by atoms with Gasteiger partial charge < -0.3 is 10.6 Å². The summed E-state index contributed by atoms with van der Waals surface area (Å²) in [7, 11) is -3.23. The van der Waals surface area contributed by atoms with Gasteiger partial charge in [0.05, 0.1) is 11.4 Å². The van der Waals surface area contributed by atoms with Crippen molar-refractivity contribution in [2.45, 2.75) is 58.4 Å². The van der Waals surface area contributed by atoms with E-state index in [1.165, 1.54) is 10.7 Å². The van der Waals surface area contributed by atoms with E-state index in [9.17, 15) is 18.0 Å². The van der Waals surface area contributed by atoms with E-state index < -0.39 is 16.1 Å². The molecule has 1 heterocycles. The predicted molar refractivity (Wildman–Crippen MR) is 114 cm³/mol. The van der Waals surface area contributed by atoms with Crippen molar-refractivity contribution >= 4 is 33.2 Å². The maximum absolute atomic E-state index is 12.8. The Labute approximate surface area is 173 Å². The summed E-state index contributed by atoms with van der Waals surface area (Å²) in [5.41, 5.74) is 1.18. The average molecular weight is 422 g/mol. The van der Waals surface area contributed by atoms with E-state index in [1.807, 2.05) is 13.8 Å². The smallest absolute Gasteiger partial charge is 0.247 e. The van der Waals surface area contributed by atoms with Crippen molar-refractivity contribution < 1.29 is 18.0 Å². The predicted octanol–water partition coefficient (Wildman–Crippen LogP) is 2.89. The first-order valence-corrected chi connectivity index (χ1v) is 12.1. The third kappa shape index (κ3) is 5.29. The molecule has 3 rings (SSSR count). The molecule has 0 spiro atoms. The van der Waals surface area contributed by atoms with Gasteiger partial charge in [-0.1, -0.05) is 33.1 Å². The Bertz CT molecular complexity index is 830. The number of sulfonamides is 1. The highest BCUT2D eigenvalue weighted by atomic mass is 32.2.